The van der Waals surface area contributed by atoms with Gasteiger partial charge in [-0.25, -0.2) is 0 Å². The van der Waals surface area contributed by atoms with Crippen LogP contribution in [0, 0.1) is 0 Å². The highest BCUT2D eigenvalue weighted by Gasteiger charge is 1.93. The number of hydrogen-bond donors (Lipinski definition) is 1. The molecule has 0 aromatic heterocycles. The van der Waals surface area contributed by atoms with Crippen molar-refractivity contribution in [1.82, 2.24) is 0 Å². The monoisotopic (exact) mass is 198 g/mol. The van der Waals surface area contributed by atoms with Crippen LogP contribution in [0.15, 0.2) is 24.3 Å². The Bertz CT molecular complexity index is 233. The van der Waals surface area contributed by atoms with Crippen molar-refractivity contribution in [3.8, 4) is 5.75 Å². The van der Waals surface area contributed by atoms with Gasteiger partial charge in [-0.05, 0) is 17.7 Å². The molecule has 13 heavy (non-hydrogen) atoms. The van der Waals surface area contributed by atoms with E-state index in [1.54, 1.807) is 7.11 Å². The van der Waals surface area contributed by atoms with E-state index in [4.69, 9.17) is 9.47 Å². The molecule has 0 unspecified atom stereocenters. The Labute approximate surface area is 84.3 Å². The molecule has 0 heterocycles. The summed E-state index contributed by atoms with van der Waals surface area (Å²) in [5.41, 5.74) is 1.20. The van der Waals surface area contributed by atoms with Crippen molar-refractivity contribution in [3.05, 3.63) is 29.8 Å². The Morgan fingerprint density at radius 3 is 2.38 bits per heavy atom. The van der Waals surface area contributed by atoms with Gasteiger partial charge in [-0.15, -0.1) is 0 Å². The number of methoxy groups -OCH3 is 1. The number of ether oxygens (including phenoxy) is 2. The smallest absolute Gasteiger partial charge is 0.119 e. The van der Waals surface area contributed by atoms with Crippen molar-refractivity contribution < 1.29 is 9.47 Å². The Morgan fingerprint density at radius 1 is 1.15 bits per heavy atom. The van der Waals surface area contributed by atoms with E-state index in [1.165, 1.54) is 5.56 Å². The standard InChI is InChI=1S/C10H14O2S/c1-11-6-7-12-10-4-2-9(8-13)3-5-10/h2-5,13H,6-8H2,1H3. The second-order valence-corrected chi connectivity index (χ2v) is 2.96. The lowest BCUT2D eigenvalue weighted by Gasteiger charge is -2.05. The van der Waals surface area contributed by atoms with Crippen LogP contribution in [-0.2, 0) is 10.5 Å². The van der Waals surface area contributed by atoms with Gasteiger partial charge in [-0.2, -0.15) is 12.6 Å². The van der Waals surface area contributed by atoms with Crippen molar-refractivity contribution in [2.24, 2.45) is 0 Å². The van der Waals surface area contributed by atoms with E-state index in [2.05, 4.69) is 12.6 Å². The molecule has 3 heteroatoms. The molecule has 0 saturated carbocycles. The largest absolute Gasteiger partial charge is 0.491 e. The van der Waals surface area contributed by atoms with Crippen LogP contribution in [0.5, 0.6) is 5.75 Å². The zero-order chi connectivity index (χ0) is 9.52. The van der Waals surface area contributed by atoms with Gasteiger partial charge in [0.05, 0.1) is 6.61 Å². The number of hydrogen-bond acceptors (Lipinski definition) is 3. The fourth-order valence-electron chi connectivity index (χ4n) is 0.934. The predicted molar refractivity (Wildman–Crippen MR) is 56.5 cm³/mol. The van der Waals surface area contributed by atoms with E-state index in [-0.39, 0.29) is 0 Å². The maximum absolute atomic E-state index is 5.40. The molecule has 0 saturated heterocycles. The van der Waals surface area contributed by atoms with E-state index in [0.29, 0.717) is 13.2 Å². The average Bonchev–Trinajstić information content (AvgIpc) is 2.19. The van der Waals surface area contributed by atoms with Gasteiger partial charge >= 0.3 is 0 Å². The van der Waals surface area contributed by atoms with Crippen LogP contribution < -0.4 is 4.74 Å². The fraction of sp³-hybridized carbons (Fsp3) is 0.400. The lowest BCUT2D eigenvalue weighted by atomic mass is 10.2. The quantitative estimate of drug-likeness (QED) is 0.577. The summed E-state index contributed by atoms with van der Waals surface area (Å²) < 4.78 is 10.3. The molecule has 0 N–H and O–H groups in total. The Morgan fingerprint density at radius 2 is 1.85 bits per heavy atom. The Balaban J connectivity index is 2.40. The van der Waals surface area contributed by atoms with Gasteiger partial charge < -0.3 is 9.47 Å². The van der Waals surface area contributed by atoms with Gasteiger partial charge in [0.2, 0.25) is 0 Å². The zero-order valence-electron chi connectivity index (χ0n) is 7.69. The predicted octanol–water partition coefficient (Wildman–Crippen LogP) is 2.14. The van der Waals surface area contributed by atoms with Gasteiger partial charge in [0.25, 0.3) is 0 Å². The summed E-state index contributed by atoms with van der Waals surface area (Å²) in [6.07, 6.45) is 0. The summed E-state index contributed by atoms with van der Waals surface area (Å²) in [6, 6.07) is 7.91. The van der Waals surface area contributed by atoms with Crippen LogP contribution in [0.25, 0.3) is 0 Å². The van der Waals surface area contributed by atoms with Gasteiger partial charge in [0.1, 0.15) is 12.4 Å². The van der Waals surface area contributed by atoms with Crippen molar-refractivity contribution in [2.45, 2.75) is 5.75 Å². The summed E-state index contributed by atoms with van der Waals surface area (Å²) in [7, 11) is 1.66. The molecule has 0 fully saturated rings. The second-order valence-electron chi connectivity index (χ2n) is 2.64. The van der Waals surface area contributed by atoms with Crippen molar-refractivity contribution in [3.63, 3.8) is 0 Å². The third-order valence-corrected chi connectivity index (χ3v) is 2.03. The SMILES string of the molecule is COCCOc1ccc(CS)cc1. The minimum Gasteiger partial charge on any atom is -0.491 e. The summed E-state index contributed by atoms with van der Waals surface area (Å²) in [5, 5.41) is 0. The minimum atomic E-state index is 0.594. The van der Waals surface area contributed by atoms with Crippen molar-refractivity contribution in [1.29, 1.82) is 0 Å². The molecule has 1 aromatic rings. The van der Waals surface area contributed by atoms with Crippen LogP contribution in [0.3, 0.4) is 0 Å². The molecule has 0 bridgehead atoms. The molecule has 72 valence electrons. The molecule has 0 amide bonds. The van der Waals surface area contributed by atoms with Crippen molar-refractivity contribution >= 4 is 12.6 Å². The maximum Gasteiger partial charge on any atom is 0.119 e. The number of rotatable bonds is 5. The average molecular weight is 198 g/mol. The summed E-state index contributed by atoms with van der Waals surface area (Å²) in [5.74, 6) is 1.64. The molecule has 2 nitrogen and oxygen atoms in total. The topological polar surface area (TPSA) is 18.5 Å². The van der Waals surface area contributed by atoms with E-state index >= 15 is 0 Å². The van der Waals surface area contributed by atoms with Gasteiger partial charge in [0, 0.05) is 12.9 Å². The summed E-state index contributed by atoms with van der Waals surface area (Å²) in [6.45, 7) is 1.21. The van der Waals surface area contributed by atoms with Gasteiger partial charge in [-0.1, -0.05) is 12.1 Å². The maximum atomic E-state index is 5.40. The van der Waals surface area contributed by atoms with Crippen LogP contribution in [0.4, 0.5) is 0 Å². The lowest BCUT2D eigenvalue weighted by Crippen LogP contribution is -2.03. The molecule has 0 aliphatic heterocycles. The first-order chi connectivity index (χ1) is 6.36. The van der Waals surface area contributed by atoms with Gasteiger partial charge in [-0.3, -0.25) is 0 Å². The highest BCUT2D eigenvalue weighted by Crippen LogP contribution is 2.12. The Hall–Kier alpha value is -0.670. The van der Waals surface area contributed by atoms with Crippen LogP contribution >= 0.6 is 12.6 Å². The van der Waals surface area contributed by atoms with Crippen LogP contribution in [0.2, 0.25) is 0 Å². The third-order valence-electron chi connectivity index (χ3n) is 1.66. The zero-order valence-corrected chi connectivity index (χ0v) is 8.59. The first-order valence-electron chi connectivity index (χ1n) is 4.18. The summed E-state index contributed by atoms with van der Waals surface area (Å²) >= 11 is 4.17. The van der Waals surface area contributed by atoms with E-state index in [0.717, 1.165) is 11.5 Å². The molecule has 0 atom stereocenters. The van der Waals surface area contributed by atoms with Gasteiger partial charge in [0.15, 0.2) is 0 Å². The highest BCUT2D eigenvalue weighted by atomic mass is 32.1. The van der Waals surface area contributed by atoms with E-state index in [9.17, 15) is 0 Å². The fourth-order valence-corrected chi connectivity index (χ4v) is 1.14. The minimum absolute atomic E-state index is 0.594. The Kier molecular flexibility index (Phi) is 4.72. The normalized spacial score (nSPS) is 10.0. The molecule has 0 radical (unpaired) electrons. The molecule has 1 rings (SSSR count). The van der Waals surface area contributed by atoms with Crippen molar-refractivity contribution in [2.75, 3.05) is 20.3 Å². The molecular formula is C10H14O2S. The summed E-state index contributed by atoms with van der Waals surface area (Å²) in [4.78, 5) is 0. The lowest BCUT2D eigenvalue weighted by molar-refractivity contribution is 0.146. The molecule has 0 spiro atoms. The third kappa shape index (κ3) is 3.70. The first kappa shape index (κ1) is 10.4. The first-order valence-corrected chi connectivity index (χ1v) is 4.81. The van der Waals surface area contributed by atoms with Crippen LogP contribution in [0.1, 0.15) is 5.56 Å². The second kappa shape index (κ2) is 5.89. The number of thiol groups is 1. The molecule has 1 aromatic carbocycles. The van der Waals surface area contributed by atoms with E-state index in [1.807, 2.05) is 24.3 Å². The number of benzene rings is 1. The van der Waals surface area contributed by atoms with Crippen LogP contribution in [-0.4, -0.2) is 20.3 Å². The molecular weight excluding hydrogens is 184 g/mol. The highest BCUT2D eigenvalue weighted by molar-refractivity contribution is 7.79. The molecule has 0 aliphatic rings. The molecule has 0 aliphatic carbocycles. The van der Waals surface area contributed by atoms with E-state index < -0.39 is 0 Å².